The van der Waals surface area contributed by atoms with Crippen LogP contribution in [0.4, 0.5) is 5.69 Å². The number of carbonyl (C=O) groups excluding carboxylic acids is 1. The molecule has 1 atom stereocenters. The van der Waals surface area contributed by atoms with Crippen LogP contribution in [0.2, 0.25) is 0 Å². The van der Waals surface area contributed by atoms with Gasteiger partial charge in [-0.05, 0) is 73.9 Å². The third-order valence-corrected chi connectivity index (χ3v) is 9.90. The summed E-state index contributed by atoms with van der Waals surface area (Å²) in [5, 5.41) is 13.7. The molecule has 1 amide bonds. The summed E-state index contributed by atoms with van der Waals surface area (Å²) in [6.45, 7) is 6.29. The molecule has 4 aromatic carbocycles. The van der Waals surface area contributed by atoms with Gasteiger partial charge in [-0.15, -0.1) is 0 Å². The van der Waals surface area contributed by atoms with E-state index in [1.165, 1.54) is 11.3 Å². The van der Waals surface area contributed by atoms with Crippen molar-refractivity contribution in [3.63, 3.8) is 0 Å². The maximum Gasteiger partial charge on any atom is 0.271 e. The number of para-hydroxylation sites is 1. The van der Waals surface area contributed by atoms with Crippen LogP contribution in [0, 0.1) is 25.2 Å². The van der Waals surface area contributed by atoms with E-state index in [-0.39, 0.29) is 11.5 Å². The standard InChI is InChI=1S/C40H33N5O3S/c1-24-13-18-33(25(2)19-24)43-38(46)36-26(3)42-40-45(37(36)27-14-16-31(48-4)17-15-27)39(47)35(49-40)20-30-23-44(34-12-8-7-11-32(30)34)22-29-10-6-5-9-28(29)21-41/h5-20,23,37H,22H2,1-4H3,(H,43,46)/b35-20+/t37-/m1/s1. The molecule has 1 aliphatic heterocycles. The monoisotopic (exact) mass is 663 g/mol. The van der Waals surface area contributed by atoms with E-state index in [4.69, 9.17) is 9.73 Å². The number of hydrogen-bond acceptors (Lipinski definition) is 6. The van der Waals surface area contributed by atoms with Crippen molar-refractivity contribution >= 4 is 39.9 Å². The molecule has 1 N–H and O–H groups in total. The van der Waals surface area contributed by atoms with Crippen LogP contribution in [0.5, 0.6) is 5.75 Å². The van der Waals surface area contributed by atoms with Gasteiger partial charge in [0.2, 0.25) is 0 Å². The van der Waals surface area contributed by atoms with E-state index in [9.17, 15) is 14.9 Å². The number of nitriles is 1. The molecule has 8 nitrogen and oxygen atoms in total. The van der Waals surface area contributed by atoms with Crippen LogP contribution in [-0.4, -0.2) is 22.2 Å². The molecule has 0 spiro atoms. The molecule has 0 bridgehead atoms. The third kappa shape index (κ3) is 5.88. The molecule has 6 aromatic rings. The minimum atomic E-state index is -0.709. The largest absolute Gasteiger partial charge is 0.497 e. The van der Waals surface area contributed by atoms with E-state index in [2.05, 4.69) is 16.0 Å². The molecule has 0 radical (unpaired) electrons. The number of allylic oxidation sites excluding steroid dienone is 1. The van der Waals surface area contributed by atoms with Crippen LogP contribution in [0.1, 0.15) is 46.3 Å². The molecular formula is C40H33N5O3S. The van der Waals surface area contributed by atoms with Crippen LogP contribution in [0.25, 0.3) is 17.0 Å². The summed E-state index contributed by atoms with van der Waals surface area (Å²) in [6, 6.07) is 30.5. The van der Waals surface area contributed by atoms with Crippen molar-refractivity contribution in [1.82, 2.24) is 9.13 Å². The van der Waals surface area contributed by atoms with E-state index in [1.807, 2.05) is 124 Å². The summed E-state index contributed by atoms with van der Waals surface area (Å²) < 4.78 is 9.64. The van der Waals surface area contributed by atoms with Crippen molar-refractivity contribution in [3.8, 4) is 11.8 Å². The van der Waals surface area contributed by atoms with Crippen LogP contribution in [0.15, 0.2) is 118 Å². The maximum absolute atomic E-state index is 14.4. The topological polar surface area (TPSA) is 101 Å². The second-order valence-corrected chi connectivity index (χ2v) is 13.1. The highest BCUT2D eigenvalue weighted by atomic mass is 32.1. The van der Waals surface area contributed by atoms with Gasteiger partial charge in [0, 0.05) is 34.9 Å². The summed E-state index contributed by atoms with van der Waals surface area (Å²) in [5.41, 5.74) is 7.63. The molecule has 49 heavy (non-hydrogen) atoms. The molecule has 0 aliphatic carbocycles. The highest BCUT2D eigenvalue weighted by molar-refractivity contribution is 7.07. The van der Waals surface area contributed by atoms with Gasteiger partial charge in [-0.2, -0.15) is 5.26 Å². The van der Waals surface area contributed by atoms with Gasteiger partial charge in [-0.1, -0.05) is 77.6 Å². The zero-order valence-electron chi connectivity index (χ0n) is 27.5. The Morgan fingerprint density at radius 2 is 1.78 bits per heavy atom. The zero-order chi connectivity index (χ0) is 34.2. The van der Waals surface area contributed by atoms with Gasteiger partial charge >= 0.3 is 0 Å². The minimum Gasteiger partial charge on any atom is -0.497 e. The minimum absolute atomic E-state index is 0.236. The number of ether oxygens (including phenoxy) is 1. The smallest absolute Gasteiger partial charge is 0.271 e. The van der Waals surface area contributed by atoms with Gasteiger partial charge in [-0.3, -0.25) is 14.2 Å². The van der Waals surface area contributed by atoms with Crippen molar-refractivity contribution in [3.05, 3.63) is 162 Å². The Kier molecular flexibility index (Phi) is 8.33. The Hall–Kier alpha value is -5.98. The summed E-state index contributed by atoms with van der Waals surface area (Å²) >= 11 is 1.30. The second-order valence-electron chi connectivity index (χ2n) is 12.1. The molecule has 0 saturated carbocycles. The van der Waals surface area contributed by atoms with Gasteiger partial charge in [-0.25, -0.2) is 4.99 Å². The zero-order valence-corrected chi connectivity index (χ0v) is 28.3. The fourth-order valence-electron chi connectivity index (χ4n) is 6.47. The number of aromatic nitrogens is 2. The van der Waals surface area contributed by atoms with Gasteiger partial charge in [0.25, 0.3) is 11.5 Å². The Balaban J connectivity index is 1.36. The predicted molar refractivity (Wildman–Crippen MR) is 194 cm³/mol. The fourth-order valence-corrected chi connectivity index (χ4v) is 7.51. The first-order chi connectivity index (χ1) is 23.7. The van der Waals surface area contributed by atoms with Gasteiger partial charge in [0.15, 0.2) is 4.80 Å². The number of amides is 1. The van der Waals surface area contributed by atoms with Gasteiger partial charge < -0.3 is 14.6 Å². The van der Waals surface area contributed by atoms with Crippen LogP contribution in [-0.2, 0) is 11.3 Å². The molecule has 1 aliphatic rings. The number of hydrogen-bond donors (Lipinski definition) is 1. The quantitative estimate of drug-likeness (QED) is 0.214. The highest BCUT2D eigenvalue weighted by Crippen LogP contribution is 2.32. The molecular weight excluding hydrogens is 631 g/mol. The Morgan fingerprint density at radius 1 is 1.02 bits per heavy atom. The number of fused-ring (bicyclic) bond motifs is 2. The van der Waals surface area contributed by atoms with E-state index in [1.54, 1.807) is 11.7 Å². The summed E-state index contributed by atoms with van der Waals surface area (Å²) in [6.07, 6.45) is 3.92. The van der Waals surface area contributed by atoms with E-state index in [0.717, 1.165) is 38.7 Å². The Labute approximate surface area is 287 Å². The van der Waals surface area contributed by atoms with Crippen molar-refractivity contribution in [1.29, 1.82) is 5.26 Å². The van der Waals surface area contributed by atoms with Crippen LogP contribution in [0.3, 0.4) is 0 Å². The third-order valence-electron chi connectivity index (χ3n) is 8.91. The summed E-state index contributed by atoms with van der Waals surface area (Å²) in [5.74, 6) is 0.357. The molecule has 0 fully saturated rings. The van der Waals surface area contributed by atoms with Crippen molar-refractivity contribution in [2.24, 2.45) is 4.99 Å². The lowest BCUT2D eigenvalue weighted by molar-refractivity contribution is -0.113. The normalized spacial score (nSPS) is 14.3. The molecule has 2 aromatic heterocycles. The number of nitrogens with zero attached hydrogens (tertiary/aromatic N) is 4. The number of thiazole rings is 1. The molecule has 3 heterocycles. The summed E-state index contributed by atoms with van der Waals surface area (Å²) in [7, 11) is 1.60. The first-order valence-corrected chi connectivity index (χ1v) is 16.7. The summed E-state index contributed by atoms with van der Waals surface area (Å²) in [4.78, 5) is 33.9. The molecule has 242 valence electrons. The van der Waals surface area contributed by atoms with Gasteiger partial charge in [0.05, 0.1) is 40.6 Å². The SMILES string of the molecule is COc1ccc([C@@H]2C(C(=O)Nc3ccc(C)cc3C)=C(C)N=c3s/c(=C/c4cn(Cc5ccccc5C#N)c5ccccc45)c(=O)n32)cc1. The number of aryl methyl sites for hydroxylation is 2. The number of methoxy groups -OCH3 is 1. The number of rotatable bonds is 7. The Morgan fingerprint density at radius 3 is 2.53 bits per heavy atom. The maximum atomic E-state index is 14.4. The van der Waals surface area contributed by atoms with Crippen molar-refractivity contribution < 1.29 is 9.53 Å². The lowest BCUT2D eigenvalue weighted by Crippen LogP contribution is -2.40. The average molecular weight is 664 g/mol. The molecule has 7 rings (SSSR count). The van der Waals surface area contributed by atoms with Crippen LogP contribution < -0.4 is 24.9 Å². The molecule has 9 heteroatoms. The first-order valence-electron chi connectivity index (χ1n) is 15.9. The number of benzene rings is 4. The van der Waals surface area contributed by atoms with Crippen molar-refractivity contribution in [2.45, 2.75) is 33.4 Å². The Bertz CT molecular complexity index is 2530. The van der Waals surface area contributed by atoms with E-state index >= 15 is 0 Å². The number of anilines is 1. The average Bonchev–Trinajstić information content (AvgIpc) is 3.61. The number of nitrogens with one attached hydrogen (secondary N) is 1. The second kappa shape index (κ2) is 12.9. The number of carbonyl (C=O) groups is 1. The van der Waals surface area contributed by atoms with Gasteiger partial charge in [0.1, 0.15) is 5.75 Å². The lowest BCUT2D eigenvalue weighted by Gasteiger charge is -2.25. The predicted octanol–water partition coefficient (Wildman–Crippen LogP) is 6.37. The molecule has 0 unspecified atom stereocenters. The highest BCUT2D eigenvalue weighted by Gasteiger charge is 2.33. The van der Waals surface area contributed by atoms with E-state index in [0.29, 0.717) is 44.1 Å². The van der Waals surface area contributed by atoms with Crippen LogP contribution >= 0.6 is 11.3 Å². The fraction of sp³-hybridized carbons (Fsp3) is 0.150. The molecule has 0 saturated heterocycles. The lowest BCUT2D eigenvalue weighted by atomic mass is 9.95. The first kappa shape index (κ1) is 31.6. The van der Waals surface area contributed by atoms with E-state index < -0.39 is 6.04 Å². The van der Waals surface area contributed by atoms with Crippen molar-refractivity contribution in [2.75, 3.05) is 12.4 Å².